The molecule has 0 saturated heterocycles. The van der Waals surface area contributed by atoms with Gasteiger partial charge in [-0.15, -0.1) is 11.8 Å². The molecular formula is C26H31F. The zero-order chi connectivity index (χ0) is 19.1. The molecule has 0 heterocycles. The maximum absolute atomic E-state index is 14.4. The lowest BCUT2D eigenvalue weighted by Gasteiger charge is -2.25. The molecule has 0 bridgehead atoms. The summed E-state index contributed by atoms with van der Waals surface area (Å²) in [7, 11) is 0. The zero-order valence-electron chi connectivity index (χ0n) is 16.7. The standard InChI is InChI=1S/C26H31F/c1-3-5-20-7-9-21(10-8-20)11-12-22-13-16-24(17-14-22)25-18-15-23(6-4-2)19-26(25)27/h13-21H,4,6-12H2,1-2H3. The van der Waals surface area contributed by atoms with E-state index in [4.69, 9.17) is 0 Å². The number of rotatable bonds is 6. The lowest BCUT2D eigenvalue weighted by atomic mass is 9.80. The van der Waals surface area contributed by atoms with Crippen LogP contribution in [0.2, 0.25) is 0 Å². The molecule has 0 N–H and O–H groups in total. The van der Waals surface area contributed by atoms with Gasteiger partial charge in [0.25, 0.3) is 0 Å². The normalized spacial score (nSPS) is 19.4. The SMILES string of the molecule is CC#CC1CCC(CCc2ccc(-c3ccc(CCC)cc3F)cc2)CC1. The van der Waals surface area contributed by atoms with Crippen LogP contribution in [0.5, 0.6) is 0 Å². The van der Waals surface area contributed by atoms with E-state index >= 15 is 0 Å². The molecule has 0 spiro atoms. The minimum atomic E-state index is -0.111. The zero-order valence-corrected chi connectivity index (χ0v) is 16.7. The molecule has 0 aliphatic heterocycles. The molecule has 1 heteroatoms. The molecule has 0 aromatic heterocycles. The predicted molar refractivity (Wildman–Crippen MR) is 113 cm³/mol. The Morgan fingerprint density at radius 2 is 1.63 bits per heavy atom. The van der Waals surface area contributed by atoms with E-state index in [1.807, 2.05) is 13.0 Å². The van der Waals surface area contributed by atoms with E-state index in [0.29, 0.717) is 11.5 Å². The first-order chi connectivity index (χ1) is 13.2. The quantitative estimate of drug-likeness (QED) is 0.476. The topological polar surface area (TPSA) is 0 Å². The molecule has 27 heavy (non-hydrogen) atoms. The van der Waals surface area contributed by atoms with Gasteiger partial charge in [0.15, 0.2) is 0 Å². The Hall–Kier alpha value is -2.07. The summed E-state index contributed by atoms with van der Waals surface area (Å²) in [6.45, 7) is 4.07. The van der Waals surface area contributed by atoms with Crippen molar-refractivity contribution in [1.29, 1.82) is 0 Å². The second-order valence-corrected chi connectivity index (χ2v) is 7.91. The Bertz CT molecular complexity index is 783. The van der Waals surface area contributed by atoms with E-state index in [-0.39, 0.29) is 5.82 Å². The van der Waals surface area contributed by atoms with Gasteiger partial charge < -0.3 is 0 Å². The smallest absolute Gasteiger partial charge is 0.131 e. The van der Waals surface area contributed by atoms with E-state index in [2.05, 4.69) is 49.1 Å². The summed E-state index contributed by atoms with van der Waals surface area (Å²) in [6, 6.07) is 14.1. The molecule has 0 radical (unpaired) electrons. The van der Waals surface area contributed by atoms with Crippen LogP contribution in [-0.2, 0) is 12.8 Å². The first-order valence-electron chi connectivity index (χ1n) is 10.5. The number of halogens is 1. The van der Waals surface area contributed by atoms with Crippen LogP contribution >= 0.6 is 0 Å². The highest BCUT2D eigenvalue weighted by Crippen LogP contribution is 2.31. The van der Waals surface area contributed by atoms with Gasteiger partial charge in [0.05, 0.1) is 0 Å². The van der Waals surface area contributed by atoms with Crippen LogP contribution < -0.4 is 0 Å². The van der Waals surface area contributed by atoms with Crippen LogP contribution in [0.25, 0.3) is 11.1 Å². The van der Waals surface area contributed by atoms with Gasteiger partial charge >= 0.3 is 0 Å². The van der Waals surface area contributed by atoms with Crippen molar-refractivity contribution in [2.45, 2.75) is 65.2 Å². The Morgan fingerprint density at radius 3 is 2.26 bits per heavy atom. The van der Waals surface area contributed by atoms with Crippen molar-refractivity contribution in [2.75, 3.05) is 0 Å². The van der Waals surface area contributed by atoms with Crippen molar-refractivity contribution in [3.63, 3.8) is 0 Å². The Morgan fingerprint density at radius 1 is 0.926 bits per heavy atom. The van der Waals surface area contributed by atoms with Crippen molar-refractivity contribution < 1.29 is 4.39 Å². The summed E-state index contributed by atoms with van der Waals surface area (Å²) < 4.78 is 14.4. The monoisotopic (exact) mass is 362 g/mol. The van der Waals surface area contributed by atoms with Crippen LogP contribution in [-0.4, -0.2) is 0 Å². The molecule has 1 aliphatic carbocycles. The Labute approximate surface area is 164 Å². The summed E-state index contributed by atoms with van der Waals surface area (Å²) in [6.07, 6.45) is 9.50. The highest BCUT2D eigenvalue weighted by molar-refractivity contribution is 5.64. The molecule has 0 atom stereocenters. The van der Waals surface area contributed by atoms with Gasteiger partial charge in [-0.05, 0) is 80.5 Å². The summed E-state index contributed by atoms with van der Waals surface area (Å²) in [5.74, 6) is 7.75. The maximum Gasteiger partial charge on any atom is 0.131 e. The molecule has 0 amide bonds. The van der Waals surface area contributed by atoms with Crippen LogP contribution in [0.1, 0.15) is 63.5 Å². The Balaban J connectivity index is 1.55. The first kappa shape index (κ1) is 19.7. The van der Waals surface area contributed by atoms with E-state index in [1.54, 1.807) is 6.07 Å². The third-order valence-electron chi connectivity index (χ3n) is 5.87. The minimum Gasteiger partial charge on any atom is -0.206 e. The van der Waals surface area contributed by atoms with Crippen LogP contribution in [0, 0.1) is 29.5 Å². The van der Waals surface area contributed by atoms with Gasteiger partial charge in [-0.2, -0.15) is 0 Å². The van der Waals surface area contributed by atoms with Gasteiger partial charge in [-0.25, -0.2) is 4.39 Å². The molecule has 142 valence electrons. The van der Waals surface area contributed by atoms with Crippen molar-refractivity contribution in [3.8, 4) is 23.0 Å². The largest absolute Gasteiger partial charge is 0.206 e. The molecule has 1 aliphatic rings. The van der Waals surface area contributed by atoms with Crippen molar-refractivity contribution in [3.05, 3.63) is 59.4 Å². The summed E-state index contributed by atoms with van der Waals surface area (Å²) >= 11 is 0. The fraction of sp³-hybridized carbons (Fsp3) is 0.462. The molecule has 2 aromatic carbocycles. The van der Waals surface area contributed by atoms with Gasteiger partial charge in [0.2, 0.25) is 0 Å². The number of aryl methyl sites for hydroxylation is 2. The number of benzene rings is 2. The second kappa shape index (κ2) is 9.75. The maximum atomic E-state index is 14.4. The van der Waals surface area contributed by atoms with Crippen molar-refractivity contribution >= 4 is 0 Å². The van der Waals surface area contributed by atoms with Crippen LogP contribution in [0.15, 0.2) is 42.5 Å². The fourth-order valence-electron chi connectivity index (χ4n) is 4.26. The Kier molecular flexibility index (Phi) is 7.11. The van der Waals surface area contributed by atoms with Crippen molar-refractivity contribution in [2.24, 2.45) is 11.8 Å². The lowest BCUT2D eigenvalue weighted by molar-refractivity contribution is 0.302. The third-order valence-corrected chi connectivity index (χ3v) is 5.87. The predicted octanol–water partition coefficient (Wildman–Crippen LogP) is 7.21. The molecule has 1 fully saturated rings. The second-order valence-electron chi connectivity index (χ2n) is 7.91. The van der Waals surface area contributed by atoms with Crippen molar-refractivity contribution in [1.82, 2.24) is 0 Å². The summed E-state index contributed by atoms with van der Waals surface area (Å²) in [5.41, 5.74) is 4.11. The minimum absolute atomic E-state index is 0.111. The molecular weight excluding hydrogens is 331 g/mol. The average Bonchev–Trinajstić information content (AvgIpc) is 2.69. The first-order valence-corrected chi connectivity index (χ1v) is 10.5. The van der Waals surface area contributed by atoms with E-state index in [1.165, 1.54) is 37.7 Å². The van der Waals surface area contributed by atoms with Gasteiger partial charge in [0.1, 0.15) is 5.82 Å². The molecule has 1 saturated carbocycles. The van der Waals surface area contributed by atoms with Crippen LogP contribution in [0.3, 0.4) is 0 Å². The van der Waals surface area contributed by atoms with Gasteiger partial charge in [-0.3, -0.25) is 0 Å². The summed E-state index contributed by atoms with van der Waals surface area (Å²) in [4.78, 5) is 0. The molecule has 2 aromatic rings. The van der Waals surface area contributed by atoms with Gasteiger partial charge in [0, 0.05) is 11.5 Å². The summed E-state index contributed by atoms with van der Waals surface area (Å²) in [5, 5.41) is 0. The van der Waals surface area contributed by atoms with Crippen LogP contribution in [0.4, 0.5) is 4.39 Å². The fourth-order valence-corrected chi connectivity index (χ4v) is 4.26. The highest BCUT2D eigenvalue weighted by Gasteiger charge is 2.19. The van der Waals surface area contributed by atoms with E-state index < -0.39 is 0 Å². The third kappa shape index (κ3) is 5.46. The highest BCUT2D eigenvalue weighted by atomic mass is 19.1. The average molecular weight is 363 g/mol. The number of hydrogen-bond donors (Lipinski definition) is 0. The lowest BCUT2D eigenvalue weighted by Crippen LogP contribution is -2.14. The molecule has 0 unspecified atom stereocenters. The van der Waals surface area contributed by atoms with E-state index in [0.717, 1.165) is 36.3 Å². The number of hydrogen-bond acceptors (Lipinski definition) is 0. The van der Waals surface area contributed by atoms with E-state index in [9.17, 15) is 4.39 Å². The molecule has 0 nitrogen and oxygen atoms in total. The van der Waals surface area contributed by atoms with Gasteiger partial charge in [-0.1, -0.05) is 49.7 Å². The molecule has 3 rings (SSSR count).